The highest BCUT2D eigenvalue weighted by atomic mass is 79.9. The van der Waals surface area contributed by atoms with Crippen LogP contribution in [-0.4, -0.2) is 6.04 Å². The Balaban J connectivity index is 2.24. The lowest BCUT2D eigenvalue weighted by atomic mass is 10.1. The molecule has 2 unspecified atom stereocenters. The molecular formula is C14H15BrFNS2. The van der Waals surface area contributed by atoms with E-state index in [2.05, 4.69) is 34.3 Å². The maximum absolute atomic E-state index is 13.3. The monoisotopic (exact) mass is 359 g/mol. The van der Waals surface area contributed by atoms with E-state index in [0.29, 0.717) is 0 Å². The lowest BCUT2D eigenvalue weighted by Crippen LogP contribution is -2.25. The summed E-state index contributed by atoms with van der Waals surface area (Å²) < 4.78 is 14.3. The minimum absolute atomic E-state index is 0.0545. The van der Waals surface area contributed by atoms with Gasteiger partial charge in [-0.05, 0) is 46.6 Å². The number of hydrogen-bond donors (Lipinski definition) is 1. The zero-order valence-corrected chi connectivity index (χ0v) is 13.7. The Morgan fingerprint density at radius 3 is 2.79 bits per heavy atom. The second-order valence-electron chi connectivity index (χ2n) is 4.24. The van der Waals surface area contributed by atoms with E-state index in [1.165, 1.54) is 10.9 Å². The van der Waals surface area contributed by atoms with Crippen LogP contribution in [0.3, 0.4) is 0 Å². The number of benzene rings is 1. The molecule has 0 aliphatic rings. The van der Waals surface area contributed by atoms with E-state index in [9.17, 15) is 4.39 Å². The van der Waals surface area contributed by atoms with Gasteiger partial charge in [0.05, 0.1) is 5.25 Å². The molecule has 102 valence electrons. The van der Waals surface area contributed by atoms with Gasteiger partial charge in [0.25, 0.3) is 0 Å². The van der Waals surface area contributed by atoms with E-state index in [0.717, 1.165) is 15.8 Å². The van der Waals surface area contributed by atoms with Crippen molar-refractivity contribution in [3.8, 4) is 0 Å². The molecule has 1 aromatic carbocycles. The molecule has 0 aliphatic carbocycles. The molecular weight excluding hydrogens is 345 g/mol. The van der Waals surface area contributed by atoms with Crippen molar-refractivity contribution in [3.63, 3.8) is 0 Å². The third kappa shape index (κ3) is 4.05. The van der Waals surface area contributed by atoms with Gasteiger partial charge in [0.15, 0.2) is 0 Å². The molecule has 2 N–H and O–H groups in total. The summed E-state index contributed by atoms with van der Waals surface area (Å²) >= 11 is 6.78. The molecule has 2 rings (SSSR count). The van der Waals surface area contributed by atoms with E-state index in [-0.39, 0.29) is 17.1 Å². The maximum atomic E-state index is 13.3. The molecule has 1 heterocycles. The number of thioether (sulfide) groups is 1. The summed E-state index contributed by atoms with van der Waals surface area (Å²) in [4.78, 5) is 2.13. The molecule has 1 nitrogen and oxygen atoms in total. The van der Waals surface area contributed by atoms with Crippen LogP contribution in [0.4, 0.5) is 4.39 Å². The minimum Gasteiger partial charge on any atom is -0.326 e. The van der Waals surface area contributed by atoms with Crippen molar-refractivity contribution < 1.29 is 4.39 Å². The SMILES string of the molecule is CCC(N)C(Sc1cccc(F)c1)c1cc(Br)cs1. The maximum Gasteiger partial charge on any atom is 0.124 e. The fourth-order valence-electron chi connectivity index (χ4n) is 1.73. The lowest BCUT2D eigenvalue weighted by molar-refractivity contribution is 0.622. The van der Waals surface area contributed by atoms with Crippen molar-refractivity contribution in [3.05, 3.63) is 50.9 Å². The van der Waals surface area contributed by atoms with Crippen molar-refractivity contribution in [1.29, 1.82) is 0 Å². The van der Waals surface area contributed by atoms with Crippen molar-refractivity contribution in [2.24, 2.45) is 5.73 Å². The van der Waals surface area contributed by atoms with Gasteiger partial charge in [-0.1, -0.05) is 13.0 Å². The van der Waals surface area contributed by atoms with Crippen LogP contribution in [0.25, 0.3) is 0 Å². The molecule has 2 atom stereocenters. The second kappa shape index (κ2) is 6.88. The summed E-state index contributed by atoms with van der Waals surface area (Å²) in [5.41, 5.74) is 6.22. The highest BCUT2D eigenvalue weighted by Gasteiger charge is 2.21. The van der Waals surface area contributed by atoms with E-state index >= 15 is 0 Å². The predicted octanol–water partition coefficient (Wildman–Crippen LogP) is 5.22. The Bertz CT molecular complexity index is 544. The number of nitrogens with two attached hydrogens (primary N) is 1. The van der Waals surface area contributed by atoms with Crippen LogP contribution in [-0.2, 0) is 0 Å². The van der Waals surface area contributed by atoms with Gasteiger partial charge in [-0.15, -0.1) is 23.1 Å². The van der Waals surface area contributed by atoms with Crippen molar-refractivity contribution >= 4 is 39.0 Å². The topological polar surface area (TPSA) is 26.0 Å². The molecule has 0 saturated carbocycles. The molecule has 0 radical (unpaired) electrons. The molecule has 5 heteroatoms. The fraction of sp³-hybridized carbons (Fsp3) is 0.286. The zero-order chi connectivity index (χ0) is 13.8. The van der Waals surface area contributed by atoms with Crippen LogP contribution in [0, 0.1) is 5.82 Å². The van der Waals surface area contributed by atoms with Crippen LogP contribution in [0.2, 0.25) is 0 Å². The van der Waals surface area contributed by atoms with Crippen LogP contribution in [0.15, 0.2) is 45.1 Å². The molecule has 2 aromatic rings. The van der Waals surface area contributed by atoms with Crippen molar-refractivity contribution in [2.75, 3.05) is 0 Å². The first-order valence-corrected chi connectivity index (χ1v) is 8.57. The number of thiophene rings is 1. The molecule has 0 saturated heterocycles. The first-order chi connectivity index (χ1) is 9.10. The smallest absolute Gasteiger partial charge is 0.124 e. The molecule has 19 heavy (non-hydrogen) atoms. The Morgan fingerprint density at radius 1 is 1.42 bits per heavy atom. The zero-order valence-electron chi connectivity index (χ0n) is 10.5. The summed E-state index contributed by atoms with van der Waals surface area (Å²) in [6.45, 7) is 2.08. The van der Waals surface area contributed by atoms with E-state index in [4.69, 9.17) is 5.73 Å². The second-order valence-corrected chi connectivity index (χ2v) is 7.31. The summed E-state index contributed by atoms with van der Waals surface area (Å²) in [7, 11) is 0. The van der Waals surface area contributed by atoms with Crippen molar-refractivity contribution in [1.82, 2.24) is 0 Å². The Kier molecular flexibility index (Phi) is 5.45. The molecule has 1 aromatic heterocycles. The van der Waals surface area contributed by atoms with Crippen LogP contribution in [0.1, 0.15) is 23.5 Å². The summed E-state index contributed by atoms with van der Waals surface area (Å²) in [5.74, 6) is -0.207. The Morgan fingerprint density at radius 2 is 2.21 bits per heavy atom. The van der Waals surface area contributed by atoms with Gasteiger partial charge in [0.2, 0.25) is 0 Å². The van der Waals surface area contributed by atoms with Crippen LogP contribution in [0.5, 0.6) is 0 Å². The molecule has 0 spiro atoms. The third-order valence-corrected chi connectivity index (χ3v) is 6.10. The highest BCUT2D eigenvalue weighted by Crippen LogP contribution is 2.41. The van der Waals surface area contributed by atoms with Gasteiger partial charge in [0, 0.05) is 25.7 Å². The van der Waals surface area contributed by atoms with Gasteiger partial charge in [0.1, 0.15) is 5.82 Å². The summed E-state index contributed by atoms with van der Waals surface area (Å²) in [6, 6.07) is 8.82. The Labute approximate surface area is 129 Å². The predicted molar refractivity (Wildman–Crippen MR) is 85.3 cm³/mol. The molecule has 0 fully saturated rings. The van der Waals surface area contributed by atoms with Gasteiger partial charge in [-0.2, -0.15) is 0 Å². The average molecular weight is 360 g/mol. The Hall–Kier alpha value is -0.360. The quantitative estimate of drug-likeness (QED) is 0.740. The minimum atomic E-state index is -0.207. The first-order valence-electron chi connectivity index (χ1n) is 6.02. The van der Waals surface area contributed by atoms with E-state index in [1.807, 2.05) is 6.07 Å². The van der Waals surface area contributed by atoms with E-state index < -0.39 is 0 Å². The number of hydrogen-bond acceptors (Lipinski definition) is 3. The number of rotatable bonds is 5. The first kappa shape index (κ1) is 15.0. The molecule has 0 amide bonds. The van der Waals surface area contributed by atoms with Gasteiger partial charge < -0.3 is 5.73 Å². The van der Waals surface area contributed by atoms with Gasteiger partial charge >= 0.3 is 0 Å². The summed E-state index contributed by atoms with van der Waals surface area (Å²) in [5, 5.41) is 2.21. The van der Waals surface area contributed by atoms with Crippen molar-refractivity contribution in [2.45, 2.75) is 29.5 Å². The van der Waals surface area contributed by atoms with E-state index in [1.54, 1.807) is 35.2 Å². The fourth-order valence-corrected chi connectivity index (χ4v) is 4.73. The lowest BCUT2D eigenvalue weighted by Gasteiger charge is -2.21. The normalized spacial score (nSPS) is 14.3. The number of halogens is 2. The van der Waals surface area contributed by atoms with Gasteiger partial charge in [-0.25, -0.2) is 4.39 Å². The van der Waals surface area contributed by atoms with Crippen LogP contribution >= 0.6 is 39.0 Å². The largest absolute Gasteiger partial charge is 0.326 e. The molecule has 0 aliphatic heterocycles. The average Bonchev–Trinajstić information content (AvgIpc) is 2.81. The standard InChI is InChI=1S/C14H15BrFNS2/c1-2-12(17)14(13-6-9(15)8-18-13)19-11-5-3-4-10(16)7-11/h3-8,12,14H,2,17H2,1H3. The third-order valence-electron chi connectivity index (χ3n) is 2.79. The van der Waals surface area contributed by atoms with Gasteiger partial charge in [-0.3, -0.25) is 0 Å². The highest BCUT2D eigenvalue weighted by molar-refractivity contribution is 9.10. The summed E-state index contributed by atoms with van der Waals surface area (Å²) in [6.07, 6.45) is 0.891. The molecule has 0 bridgehead atoms. The van der Waals surface area contributed by atoms with Crippen LogP contribution < -0.4 is 5.73 Å².